The molecule has 7 nitrogen and oxygen atoms in total. The number of nitrogens with one attached hydrogen (secondary N) is 2. The predicted octanol–water partition coefficient (Wildman–Crippen LogP) is 1.04. The number of carbonyl (C=O) groups is 2. The van der Waals surface area contributed by atoms with Crippen LogP contribution in [0, 0.1) is 0 Å². The highest BCUT2D eigenvalue weighted by atomic mass is 32.2. The smallest absolute Gasteiger partial charge is 0.313 e. The average Bonchev–Trinajstić information content (AvgIpc) is 2.73. The number of amides is 1. The molecule has 0 spiro atoms. The van der Waals surface area contributed by atoms with Crippen LogP contribution in [0.2, 0.25) is 0 Å². The zero-order valence-electron chi connectivity index (χ0n) is 10.8. The van der Waals surface area contributed by atoms with Gasteiger partial charge < -0.3 is 15.7 Å². The van der Waals surface area contributed by atoms with Gasteiger partial charge in [-0.05, 0) is 20.8 Å². The fourth-order valence-corrected chi connectivity index (χ4v) is 2.67. The van der Waals surface area contributed by atoms with Crippen molar-refractivity contribution in [2.75, 3.05) is 11.1 Å². The molecule has 0 fully saturated rings. The van der Waals surface area contributed by atoms with E-state index >= 15 is 0 Å². The molecule has 0 saturated carbocycles. The van der Waals surface area contributed by atoms with Crippen LogP contribution < -0.4 is 10.6 Å². The van der Waals surface area contributed by atoms with Crippen LogP contribution in [0.25, 0.3) is 0 Å². The Hall–Kier alpha value is -1.35. The molecule has 9 heteroatoms. The number of nitrogens with zero attached hydrogens (tertiary/aromatic N) is 2. The topological polar surface area (TPSA) is 104 Å². The van der Waals surface area contributed by atoms with Gasteiger partial charge in [0.2, 0.25) is 11.0 Å². The number of anilines is 1. The van der Waals surface area contributed by atoms with E-state index in [9.17, 15) is 9.59 Å². The molecule has 0 aliphatic rings. The van der Waals surface area contributed by atoms with E-state index in [1.165, 1.54) is 11.3 Å². The normalized spacial score (nSPS) is 12.2. The van der Waals surface area contributed by atoms with Crippen LogP contribution in [0.1, 0.15) is 20.8 Å². The molecular formula is C10H16N4O3S2. The van der Waals surface area contributed by atoms with Gasteiger partial charge in [-0.1, -0.05) is 23.1 Å². The summed E-state index contributed by atoms with van der Waals surface area (Å²) in [5.74, 6) is -1.08. The summed E-state index contributed by atoms with van der Waals surface area (Å²) in [6.07, 6.45) is 0. The lowest BCUT2D eigenvalue weighted by atomic mass is 10.3. The molecule has 3 N–H and O–H groups in total. The Morgan fingerprint density at radius 3 is 2.63 bits per heavy atom. The average molecular weight is 304 g/mol. The van der Waals surface area contributed by atoms with Gasteiger partial charge in [0.05, 0.1) is 5.75 Å². The maximum atomic E-state index is 11.7. The minimum atomic E-state index is -0.903. The predicted molar refractivity (Wildman–Crippen MR) is 74.6 cm³/mol. The summed E-state index contributed by atoms with van der Waals surface area (Å²) < 4.78 is 0.557. The first-order chi connectivity index (χ1) is 8.88. The van der Waals surface area contributed by atoms with Crippen LogP contribution in [0.5, 0.6) is 0 Å². The third kappa shape index (κ3) is 5.88. The molecule has 0 aromatic carbocycles. The second kappa shape index (κ2) is 7.29. The van der Waals surface area contributed by atoms with Crippen LogP contribution >= 0.6 is 23.1 Å². The molecule has 1 unspecified atom stereocenters. The Morgan fingerprint density at radius 2 is 2.05 bits per heavy atom. The van der Waals surface area contributed by atoms with Gasteiger partial charge in [0.1, 0.15) is 6.04 Å². The molecule has 0 aliphatic carbocycles. The van der Waals surface area contributed by atoms with Gasteiger partial charge in [0.25, 0.3) is 0 Å². The van der Waals surface area contributed by atoms with Gasteiger partial charge in [-0.25, -0.2) is 0 Å². The van der Waals surface area contributed by atoms with Crippen molar-refractivity contribution in [1.29, 1.82) is 0 Å². The fourth-order valence-electron chi connectivity index (χ4n) is 1.11. The minimum absolute atomic E-state index is 0.0575. The molecule has 1 heterocycles. The highest BCUT2D eigenvalue weighted by Gasteiger charge is 2.15. The van der Waals surface area contributed by atoms with E-state index < -0.39 is 12.0 Å². The van der Waals surface area contributed by atoms with E-state index in [0.717, 1.165) is 11.8 Å². The summed E-state index contributed by atoms with van der Waals surface area (Å²) in [5.41, 5.74) is 0. The van der Waals surface area contributed by atoms with Crippen molar-refractivity contribution < 1.29 is 14.7 Å². The number of rotatable bonds is 7. The minimum Gasteiger partial charge on any atom is -0.481 e. The van der Waals surface area contributed by atoms with E-state index in [0.29, 0.717) is 9.47 Å². The zero-order valence-corrected chi connectivity index (χ0v) is 12.5. The molecule has 0 saturated heterocycles. The third-order valence-corrected chi connectivity index (χ3v) is 3.86. The van der Waals surface area contributed by atoms with Crippen molar-refractivity contribution in [2.45, 2.75) is 37.2 Å². The summed E-state index contributed by atoms with van der Waals surface area (Å²) in [4.78, 5) is 22.1. The molecular weight excluding hydrogens is 288 g/mol. The first-order valence-corrected chi connectivity index (χ1v) is 7.43. The number of hydrogen-bond acceptors (Lipinski definition) is 7. The molecule has 1 aromatic rings. The molecule has 106 valence electrons. The first-order valence-electron chi connectivity index (χ1n) is 5.63. The van der Waals surface area contributed by atoms with Crippen LogP contribution in [-0.4, -0.2) is 45.0 Å². The van der Waals surface area contributed by atoms with Crippen LogP contribution in [0.3, 0.4) is 0 Å². The van der Waals surface area contributed by atoms with E-state index in [1.54, 1.807) is 6.92 Å². The van der Waals surface area contributed by atoms with Gasteiger partial charge in [-0.2, -0.15) is 0 Å². The van der Waals surface area contributed by atoms with Crippen LogP contribution in [0.4, 0.5) is 5.13 Å². The maximum absolute atomic E-state index is 11.7. The third-order valence-electron chi connectivity index (χ3n) is 1.89. The van der Waals surface area contributed by atoms with Crippen LogP contribution in [-0.2, 0) is 9.59 Å². The van der Waals surface area contributed by atoms with Gasteiger partial charge in [0.15, 0.2) is 4.34 Å². The molecule has 1 amide bonds. The number of hydrogen-bond donors (Lipinski definition) is 3. The van der Waals surface area contributed by atoms with Crippen molar-refractivity contribution in [1.82, 2.24) is 15.5 Å². The summed E-state index contributed by atoms with van der Waals surface area (Å²) in [7, 11) is 0. The molecule has 0 bridgehead atoms. The van der Waals surface area contributed by atoms with Crippen molar-refractivity contribution in [2.24, 2.45) is 0 Å². The van der Waals surface area contributed by atoms with E-state index in [4.69, 9.17) is 5.11 Å². The van der Waals surface area contributed by atoms with E-state index in [1.807, 2.05) is 13.8 Å². The standard InChI is InChI=1S/C10H16N4O3S2/c1-5(2)11-8(17)6(3)12-9-13-14-10(19-9)18-4-7(15)16/h5-6H,4H2,1-3H3,(H,11,17)(H,12,13)(H,15,16). The molecule has 0 radical (unpaired) electrons. The molecule has 19 heavy (non-hydrogen) atoms. The van der Waals surface area contributed by atoms with Crippen molar-refractivity contribution in [3.63, 3.8) is 0 Å². The summed E-state index contributed by atoms with van der Waals surface area (Å²) in [6, 6.07) is -0.347. The Morgan fingerprint density at radius 1 is 1.37 bits per heavy atom. The second-order valence-corrected chi connectivity index (χ2v) is 6.28. The van der Waals surface area contributed by atoms with E-state index in [2.05, 4.69) is 20.8 Å². The SMILES string of the molecule is CC(C)NC(=O)C(C)Nc1nnc(SCC(=O)O)s1. The maximum Gasteiger partial charge on any atom is 0.313 e. The lowest BCUT2D eigenvalue weighted by Gasteiger charge is -2.14. The summed E-state index contributed by atoms with van der Waals surface area (Å²) in [5, 5.41) is 22.5. The number of carboxylic acids is 1. The highest BCUT2D eigenvalue weighted by molar-refractivity contribution is 8.01. The largest absolute Gasteiger partial charge is 0.481 e. The summed E-state index contributed by atoms with van der Waals surface area (Å²) in [6.45, 7) is 5.50. The fraction of sp³-hybridized carbons (Fsp3) is 0.600. The number of aliphatic carboxylic acids is 1. The van der Waals surface area contributed by atoms with Gasteiger partial charge in [-0.3, -0.25) is 9.59 Å². The van der Waals surface area contributed by atoms with Crippen molar-refractivity contribution >= 4 is 40.1 Å². The summed E-state index contributed by atoms with van der Waals surface area (Å²) >= 11 is 2.33. The van der Waals surface area contributed by atoms with Gasteiger partial charge in [-0.15, -0.1) is 10.2 Å². The molecule has 0 aliphatic heterocycles. The number of carbonyl (C=O) groups excluding carboxylic acids is 1. The Balaban J connectivity index is 2.48. The molecule has 1 aromatic heterocycles. The highest BCUT2D eigenvalue weighted by Crippen LogP contribution is 2.25. The number of thioether (sulfide) groups is 1. The Kier molecular flexibility index (Phi) is 6.03. The number of aromatic nitrogens is 2. The first kappa shape index (κ1) is 15.7. The van der Waals surface area contributed by atoms with Gasteiger partial charge in [0, 0.05) is 6.04 Å². The van der Waals surface area contributed by atoms with E-state index in [-0.39, 0.29) is 17.7 Å². The lowest BCUT2D eigenvalue weighted by Crippen LogP contribution is -2.40. The molecule has 1 atom stereocenters. The molecule has 1 rings (SSSR count). The van der Waals surface area contributed by atoms with Gasteiger partial charge >= 0.3 is 5.97 Å². The van der Waals surface area contributed by atoms with Crippen molar-refractivity contribution in [3.8, 4) is 0 Å². The lowest BCUT2D eigenvalue weighted by molar-refractivity contribution is -0.134. The van der Waals surface area contributed by atoms with Crippen molar-refractivity contribution in [3.05, 3.63) is 0 Å². The zero-order chi connectivity index (χ0) is 14.4. The van der Waals surface area contributed by atoms with Crippen LogP contribution in [0.15, 0.2) is 4.34 Å². The second-order valence-electron chi connectivity index (χ2n) is 4.08. The monoisotopic (exact) mass is 304 g/mol. The Bertz CT molecular complexity index is 450. The quantitative estimate of drug-likeness (QED) is 0.646. The Labute approximate surface area is 119 Å². The number of carboxylic acid groups (broad SMARTS) is 1.